The minimum Gasteiger partial charge on any atom is -0.462 e. The van der Waals surface area contributed by atoms with E-state index in [1.807, 2.05) is 0 Å². The summed E-state index contributed by atoms with van der Waals surface area (Å²) in [5.74, 6) is -0.880. The molecule has 6 heteroatoms. The van der Waals surface area contributed by atoms with Crippen molar-refractivity contribution >= 4 is 17.9 Å². The van der Waals surface area contributed by atoms with Gasteiger partial charge in [-0.2, -0.15) is 0 Å². The summed E-state index contributed by atoms with van der Waals surface area (Å²) in [6, 6.07) is 0. The van der Waals surface area contributed by atoms with Crippen LogP contribution in [0.2, 0.25) is 0 Å². The number of allylic oxidation sites excluding steroid dienone is 8. The highest BCUT2D eigenvalue weighted by Gasteiger charge is 2.19. The maximum absolute atomic E-state index is 12.9. The highest BCUT2D eigenvalue weighted by molar-refractivity contribution is 5.71. The van der Waals surface area contributed by atoms with Crippen LogP contribution in [0, 0.1) is 0 Å². The molecule has 0 amide bonds. The lowest BCUT2D eigenvalue weighted by Gasteiger charge is -2.18. The fourth-order valence-corrected chi connectivity index (χ4v) is 9.27. The van der Waals surface area contributed by atoms with Crippen LogP contribution in [0.4, 0.5) is 0 Å². The lowest BCUT2D eigenvalue weighted by Crippen LogP contribution is -2.30. The molecule has 0 fully saturated rings. The molecule has 1 unspecified atom stereocenters. The van der Waals surface area contributed by atoms with E-state index in [0.717, 1.165) is 89.9 Å². The molecule has 6 nitrogen and oxygen atoms in total. The van der Waals surface area contributed by atoms with Crippen molar-refractivity contribution in [3.05, 3.63) is 48.6 Å². The molecule has 0 heterocycles. The maximum atomic E-state index is 12.9. The Morgan fingerprint density at radius 2 is 0.500 bits per heavy atom. The van der Waals surface area contributed by atoms with Crippen LogP contribution in [0.15, 0.2) is 48.6 Å². The molecule has 0 spiro atoms. The molecule has 0 N–H and O–H groups in total. The minimum absolute atomic E-state index is 0.0775. The highest BCUT2D eigenvalue weighted by atomic mass is 16.6. The number of esters is 3. The standard InChI is InChI=1S/C66H120O6/c1-4-7-10-13-16-19-22-25-28-31-33-34-36-38-41-44-47-50-53-56-59-65(68)71-62-63(61-70-64(67)58-55-52-49-46-43-40-37-30-27-24-21-18-15-12-9-6-3)72-66(69)60-57-54-51-48-45-42-39-35-32-29-26-23-20-17-14-11-8-5-2/h20-21,23-24,29-30,32,37,63H,4-19,22,25-28,31,33-36,38-62H2,1-3H3/b23-20-,24-21-,32-29-,37-30-. The average molecular weight is 1010 g/mol. The van der Waals surface area contributed by atoms with E-state index in [2.05, 4.69) is 69.4 Å². The molecule has 0 aromatic rings. The summed E-state index contributed by atoms with van der Waals surface area (Å²) in [7, 11) is 0. The smallest absolute Gasteiger partial charge is 0.306 e. The lowest BCUT2D eigenvalue weighted by molar-refractivity contribution is -0.167. The van der Waals surface area contributed by atoms with Gasteiger partial charge in [0.25, 0.3) is 0 Å². The van der Waals surface area contributed by atoms with Gasteiger partial charge in [0.05, 0.1) is 0 Å². The van der Waals surface area contributed by atoms with Gasteiger partial charge in [-0.25, -0.2) is 0 Å². The fourth-order valence-electron chi connectivity index (χ4n) is 9.27. The van der Waals surface area contributed by atoms with Gasteiger partial charge in [0, 0.05) is 19.3 Å². The molecule has 0 saturated carbocycles. The SMILES string of the molecule is CCCCCC/C=C\C/C=C\CCCCCCCCCC(=O)OC(COC(=O)CCCCCCC/C=C\C/C=C\CCCCCC)COC(=O)CCCCCCCCCCCCCCCCCCCCCC. The highest BCUT2D eigenvalue weighted by Crippen LogP contribution is 2.17. The summed E-state index contributed by atoms with van der Waals surface area (Å²) in [6.45, 7) is 6.64. The molecule has 0 aliphatic heterocycles. The largest absolute Gasteiger partial charge is 0.462 e. The molecule has 72 heavy (non-hydrogen) atoms. The van der Waals surface area contributed by atoms with Crippen LogP contribution in [0.1, 0.15) is 335 Å². The van der Waals surface area contributed by atoms with Gasteiger partial charge in [-0.15, -0.1) is 0 Å². The Labute approximate surface area is 448 Å². The first-order valence-corrected chi connectivity index (χ1v) is 31.6. The van der Waals surface area contributed by atoms with Crippen LogP contribution in [-0.2, 0) is 28.6 Å². The topological polar surface area (TPSA) is 78.9 Å². The number of rotatable bonds is 58. The van der Waals surface area contributed by atoms with Crippen molar-refractivity contribution in [3.8, 4) is 0 Å². The van der Waals surface area contributed by atoms with Crippen LogP contribution >= 0.6 is 0 Å². The number of carbonyl (C=O) groups is 3. The number of carbonyl (C=O) groups excluding carboxylic acids is 3. The number of ether oxygens (including phenoxy) is 3. The molecule has 0 bridgehead atoms. The van der Waals surface area contributed by atoms with Gasteiger partial charge in [0.15, 0.2) is 6.10 Å². The van der Waals surface area contributed by atoms with E-state index in [1.54, 1.807) is 0 Å². The van der Waals surface area contributed by atoms with Crippen LogP contribution in [0.25, 0.3) is 0 Å². The summed E-state index contributed by atoms with van der Waals surface area (Å²) in [6.07, 6.45) is 75.4. The summed E-state index contributed by atoms with van der Waals surface area (Å²) in [4.78, 5) is 38.3. The predicted octanol–water partition coefficient (Wildman–Crippen LogP) is 21.4. The van der Waals surface area contributed by atoms with Gasteiger partial charge < -0.3 is 14.2 Å². The molecule has 420 valence electrons. The first-order valence-electron chi connectivity index (χ1n) is 31.6. The normalized spacial score (nSPS) is 12.3. The molecular weight excluding hydrogens is 889 g/mol. The summed E-state index contributed by atoms with van der Waals surface area (Å²) < 4.78 is 16.9. The Morgan fingerprint density at radius 1 is 0.278 bits per heavy atom. The van der Waals surface area contributed by atoms with Crippen molar-refractivity contribution in [3.63, 3.8) is 0 Å². The van der Waals surface area contributed by atoms with Gasteiger partial charge in [-0.1, -0.05) is 281 Å². The molecular formula is C66H120O6. The second-order valence-corrected chi connectivity index (χ2v) is 21.3. The molecule has 0 aromatic carbocycles. The van der Waals surface area contributed by atoms with Crippen LogP contribution in [0.3, 0.4) is 0 Å². The maximum Gasteiger partial charge on any atom is 0.306 e. The van der Waals surface area contributed by atoms with Crippen molar-refractivity contribution in [2.24, 2.45) is 0 Å². The lowest BCUT2D eigenvalue weighted by atomic mass is 10.0. The van der Waals surface area contributed by atoms with E-state index in [9.17, 15) is 14.4 Å². The minimum atomic E-state index is -0.782. The third kappa shape index (κ3) is 58.3. The predicted molar refractivity (Wildman–Crippen MR) is 312 cm³/mol. The third-order valence-electron chi connectivity index (χ3n) is 14.1. The van der Waals surface area contributed by atoms with E-state index >= 15 is 0 Å². The van der Waals surface area contributed by atoms with E-state index in [0.29, 0.717) is 19.3 Å². The van der Waals surface area contributed by atoms with E-state index in [1.165, 1.54) is 205 Å². The van der Waals surface area contributed by atoms with Crippen molar-refractivity contribution in [1.29, 1.82) is 0 Å². The molecule has 0 saturated heterocycles. The molecule has 0 radical (unpaired) electrons. The van der Waals surface area contributed by atoms with Gasteiger partial charge >= 0.3 is 17.9 Å². The quantitative estimate of drug-likeness (QED) is 0.0261. The monoisotopic (exact) mass is 1010 g/mol. The number of hydrogen-bond donors (Lipinski definition) is 0. The molecule has 0 aliphatic rings. The summed E-state index contributed by atoms with van der Waals surface area (Å²) in [5.41, 5.74) is 0. The number of hydrogen-bond acceptors (Lipinski definition) is 6. The molecule has 1 atom stereocenters. The van der Waals surface area contributed by atoms with Gasteiger partial charge in [-0.05, 0) is 83.5 Å². The zero-order valence-electron chi connectivity index (χ0n) is 48.2. The fraction of sp³-hybridized carbons (Fsp3) is 0.833. The Morgan fingerprint density at radius 3 is 0.778 bits per heavy atom. The third-order valence-corrected chi connectivity index (χ3v) is 14.1. The average Bonchev–Trinajstić information content (AvgIpc) is 3.38. The number of unbranched alkanes of at least 4 members (excludes halogenated alkanes) is 39. The van der Waals surface area contributed by atoms with Crippen molar-refractivity contribution < 1.29 is 28.6 Å². The van der Waals surface area contributed by atoms with Gasteiger partial charge in [0.2, 0.25) is 0 Å². The van der Waals surface area contributed by atoms with Gasteiger partial charge in [-0.3, -0.25) is 14.4 Å². The van der Waals surface area contributed by atoms with Crippen LogP contribution < -0.4 is 0 Å². The Balaban J connectivity index is 4.36. The Kier molecular flexibility index (Phi) is 58.7. The Bertz CT molecular complexity index is 1250. The van der Waals surface area contributed by atoms with Crippen LogP contribution in [0.5, 0.6) is 0 Å². The first-order chi connectivity index (χ1) is 35.5. The second-order valence-electron chi connectivity index (χ2n) is 21.3. The zero-order chi connectivity index (χ0) is 52.2. The molecule has 0 rings (SSSR count). The van der Waals surface area contributed by atoms with Crippen molar-refractivity contribution in [1.82, 2.24) is 0 Å². The zero-order valence-corrected chi connectivity index (χ0v) is 48.2. The van der Waals surface area contributed by atoms with E-state index in [4.69, 9.17) is 14.2 Å². The van der Waals surface area contributed by atoms with E-state index < -0.39 is 6.10 Å². The molecule has 0 aliphatic carbocycles. The van der Waals surface area contributed by atoms with Crippen LogP contribution in [-0.4, -0.2) is 37.2 Å². The summed E-state index contributed by atoms with van der Waals surface area (Å²) in [5, 5.41) is 0. The summed E-state index contributed by atoms with van der Waals surface area (Å²) >= 11 is 0. The van der Waals surface area contributed by atoms with Gasteiger partial charge in [0.1, 0.15) is 13.2 Å². The van der Waals surface area contributed by atoms with Crippen molar-refractivity contribution in [2.45, 2.75) is 341 Å². The molecule has 0 aromatic heterocycles. The second kappa shape index (κ2) is 60.9. The first kappa shape index (κ1) is 69.4. The van der Waals surface area contributed by atoms with Crippen molar-refractivity contribution in [2.75, 3.05) is 13.2 Å². The van der Waals surface area contributed by atoms with E-state index in [-0.39, 0.29) is 31.1 Å². The Hall–Kier alpha value is -2.63.